The van der Waals surface area contributed by atoms with Gasteiger partial charge in [-0.25, -0.2) is 4.68 Å². The summed E-state index contributed by atoms with van der Waals surface area (Å²) in [5.74, 6) is 2.82. The first kappa shape index (κ1) is 27.9. The molecule has 0 fully saturated rings. The summed E-state index contributed by atoms with van der Waals surface area (Å²) in [6.07, 6.45) is 0. The van der Waals surface area contributed by atoms with Crippen LogP contribution in [0.5, 0.6) is 23.0 Å². The van der Waals surface area contributed by atoms with Gasteiger partial charge in [0.05, 0.1) is 39.7 Å². The van der Waals surface area contributed by atoms with Crippen LogP contribution in [0.25, 0.3) is 0 Å². The van der Waals surface area contributed by atoms with Crippen LogP contribution in [0.1, 0.15) is 24.1 Å². The Kier molecular flexibility index (Phi) is 8.34. The molecule has 2 N–H and O–H groups in total. The van der Waals surface area contributed by atoms with Gasteiger partial charge in [0, 0.05) is 11.4 Å². The Morgan fingerprint density at radius 1 is 0.927 bits per heavy atom. The van der Waals surface area contributed by atoms with E-state index < -0.39 is 6.04 Å². The third-order valence-corrected chi connectivity index (χ3v) is 7.56. The first-order chi connectivity index (χ1) is 20.0. The van der Waals surface area contributed by atoms with Crippen molar-refractivity contribution in [3.8, 4) is 23.0 Å². The molecule has 11 heteroatoms. The molecule has 1 aliphatic rings. The van der Waals surface area contributed by atoms with Crippen molar-refractivity contribution in [1.82, 2.24) is 14.8 Å². The number of para-hydroxylation sites is 2. The van der Waals surface area contributed by atoms with Crippen LogP contribution in [-0.4, -0.2) is 49.1 Å². The van der Waals surface area contributed by atoms with E-state index in [0.717, 1.165) is 5.56 Å². The molecule has 1 aromatic heterocycles. The average molecular weight is 574 g/mol. The zero-order valence-electron chi connectivity index (χ0n) is 23.4. The summed E-state index contributed by atoms with van der Waals surface area (Å²) in [7, 11) is 6.22. The van der Waals surface area contributed by atoms with E-state index in [1.165, 1.54) is 11.8 Å². The fraction of sp³-hybridized carbons (Fsp3) is 0.233. The normalized spacial score (nSPS) is 14.1. The third kappa shape index (κ3) is 5.66. The lowest BCUT2D eigenvalue weighted by molar-refractivity contribution is -0.113. The summed E-state index contributed by atoms with van der Waals surface area (Å²) >= 11 is 1.52. The fourth-order valence-electron chi connectivity index (χ4n) is 4.71. The zero-order chi connectivity index (χ0) is 28.9. The van der Waals surface area contributed by atoms with Crippen molar-refractivity contribution in [1.29, 1.82) is 0 Å². The van der Waals surface area contributed by atoms with Crippen molar-refractivity contribution in [2.45, 2.75) is 23.9 Å². The van der Waals surface area contributed by atoms with Crippen molar-refractivity contribution in [2.24, 2.45) is 0 Å². The molecule has 10 nitrogen and oxygen atoms in total. The van der Waals surface area contributed by atoms with E-state index in [1.54, 1.807) is 45.3 Å². The smallest absolute Gasteiger partial charge is 0.255 e. The largest absolute Gasteiger partial charge is 0.495 e. The number of benzene rings is 3. The number of anilines is 2. The Balaban J connectivity index is 1.59. The third-order valence-electron chi connectivity index (χ3n) is 6.65. The molecule has 0 spiro atoms. The molecule has 0 saturated carbocycles. The van der Waals surface area contributed by atoms with Gasteiger partial charge in [-0.05, 0) is 42.3 Å². The van der Waals surface area contributed by atoms with Crippen molar-refractivity contribution in [3.05, 3.63) is 89.1 Å². The number of methoxy groups -OCH3 is 4. The van der Waals surface area contributed by atoms with E-state index in [-0.39, 0.29) is 5.91 Å². The summed E-state index contributed by atoms with van der Waals surface area (Å²) < 4.78 is 24.0. The molecule has 5 rings (SSSR count). The molecular weight excluding hydrogens is 542 g/mol. The number of carbonyl (C=O) groups is 1. The highest BCUT2D eigenvalue weighted by atomic mass is 32.2. The van der Waals surface area contributed by atoms with E-state index in [0.29, 0.717) is 62.4 Å². The summed E-state index contributed by atoms with van der Waals surface area (Å²) in [6, 6.07) is 20.4. The standard InChI is InChI=1S/C30H31N5O5S/c1-18-25(28(36)32-21-13-9-10-14-22(21)37-2)26(20-15-23(38-3)27(40-5)24(16-20)39-4)35-29(31-18)33-30(34-35)41-17-19-11-7-6-8-12-19/h6-16,26H,17H2,1-5H3,(H,32,36)(H,31,33,34)/t26-/m0/s1. The van der Waals surface area contributed by atoms with Crippen molar-refractivity contribution < 1.29 is 23.7 Å². The lowest BCUT2D eigenvalue weighted by atomic mass is 9.94. The van der Waals surface area contributed by atoms with Gasteiger partial charge in [-0.15, -0.1) is 5.10 Å². The van der Waals surface area contributed by atoms with Crippen LogP contribution in [0.4, 0.5) is 11.6 Å². The second-order valence-corrected chi connectivity index (χ2v) is 10.1. The molecule has 41 heavy (non-hydrogen) atoms. The highest BCUT2D eigenvalue weighted by molar-refractivity contribution is 7.98. The van der Waals surface area contributed by atoms with Crippen LogP contribution in [0, 0.1) is 0 Å². The number of carbonyl (C=O) groups excluding carboxylic acids is 1. The number of fused-ring (bicyclic) bond motifs is 1. The molecule has 0 bridgehead atoms. The van der Waals surface area contributed by atoms with Crippen molar-refractivity contribution in [3.63, 3.8) is 0 Å². The lowest BCUT2D eigenvalue weighted by Crippen LogP contribution is -2.31. The number of hydrogen-bond acceptors (Lipinski definition) is 9. The number of ether oxygens (including phenoxy) is 4. The van der Waals surface area contributed by atoms with Gasteiger partial charge in [-0.3, -0.25) is 4.79 Å². The van der Waals surface area contributed by atoms with Crippen LogP contribution < -0.4 is 29.6 Å². The van der Waals surface area contributed by atoms with E-state index in [1.807, 2.05) is 49.4 Å². The first-order valence-electron chi connectivity index (χ1n) is 12.8. The predicted molar refractivity (Wildman–Crippen MR) is 158 cm³/mol. The van der Waals surface area contributed by atoms with Gasteiger partial charge in [-0.2, -0.15) is 4.98 Å². The number of hydrogen-bond donors (Lipinski definition) is 2. The number of nitrogens with zero attached hydrogens (tertiary/aromatic N) is 3. The molecule has 0 unspecified atom stereocenters. The molecule has 2 heterocycles. The van der Waals surface area contributed by atoms with Gasteiger partial charge in [0.2, 0.25) is 16.9 Å². The second kappa shape index (κ2) is 12.3. The highest BCUT2D eigenvalue weighted by Gasteiger charge is 2.36. The number of rotatable bonds is 10. The Hall–Kier alpha value is -4.64. The van der Waals surface area contributed by atoms with Gasteiger partial charge in [0.1, 0.15) is 11.8 Å². The molecular formula is C30H31N5O5S. The quantitative estimate of drug-likeness (QED) is 0.237. The molecule has 212 valence electrons. The lowest BCUT2D eigenvalue weighted by Gasteiger charge is -2.29. The molecule has 0 radical (unpaired) electrons. The van der Waals surface area contributed by atoms with Crippen molar-refractivity contribution in [2.75, 3.05) is 39.1 Å². The van der Waals surface area contributed by atoms with E-state index >= 15 is 0 Å². The Morgan fingerprint density at radius 2 is 1.59 bits per heavy atom. The number of aromatic nitrogens is 3. The SMILES string of the molecule is COc1ccccc1NC(=O)C1=C(C)Nc2nc(SCc3ccccc3)nn2[C@H]1c1cc(OC)c(OC)c(OC)c1. The van der Waals surface area contributed by atoms with Crippen LogP contribution in [0.2, 0.25) is 0 Å². The molecule has 1 amide bonds. The minimum absolute atomic E-state index is 0.321. The molecule has 1 aliphatic heterocycles. The van der Waals surface area contributed by atoms with E-state index in [9.17, 15) is 4.79 Å². The van der Waals surface area contributed by atoms with Gasteiger partial charge >= 0.3 is 0 Å². The molecule has 0 saturated heterocycles. The fourth-order valence-corrected chi connectivity index (χ4v) is 5.50. The molecule has 4 aromatic rings. The monoisotopic (exact) mass is 573 g/mol. The first-order valence-corrected chi connectivity index (χ1v) is 13.8. The summed E-state index contributed by atoms with van der Waals surface area (Å²) in [5.41, 5.74) is 3.49. The van der Waals surface area contributed by atoms with Gasteiger partial charge in [0.15, 0.2) is 11.5 Å². The summed E-state index contributed by atoms with van der Waals surface area (Å²) in [5, 5.41) is 11.7. The van der Waals surface area contributed by atoms with Crippen LogP contribution in [0.15, 0.2) is 83.2 Å². The summed E-state index contributed by atoms with van der Waals surface area (Å²) in [6.45, 7) is 1.84. The minimum atomic E-state index is -0.659. The van der Waals surface area contributed by atoms with Gasteiger partial charge < -0.3 is 29.6 Å². The van der Waals surface area contributed by atoms with Gasteiger partial charge in [-0.1, -0.05) is 54.2 Å². The maximum atomic E-state index is 14.0. The summed E-state index contributed by atoms with van der Waals surface area (Å²) in [4.78, 5) is 18.7. The Bertz CT molecular complexity index is 1560. The van der Waals surface area contributed by atoms with Gasteiger partial charge in [0.25, 0.3) is 5.91 Å². The number of amides is 1. The Labute approximate surface area is 242 Å². The number of allylic oxidation sites excluding steroid dienone is 1. The predicted octanol–water partition coefficient (Wildman–Crippen LogP) is 5.53. The number of nitrogens with one attached hydrogen (secondary N) is 2. The van der Waals surface area contributed by atoms with E-state index in [4.69, 9.17) is 29.0 Å². The van der Waals surface area contributed by atoms with Crippen LogP contribution >= 0.6 is 11.8 Å². The highest BCUT2D eigenvalue weighted by Crippen LogP contribution is 2.44. The zero-order valence-corrected chi connectivity index (χ0v) is 24.2. The van der Waals surface area contributed by atoms with Crippen molar-refractivity contribution >= 4 is 29.3 Å². The van der Waals surface area contributed by atoms with Crippen LogP contribution in [-0.2, 0) is 10.5 Å². The maximum absolute atomic E-state index is 14.0. The van der Waals surface area contributed by atoms with Crippen LogP contribution in [0.3, 0.4) is 0 Å². The molecule has 3 aromatic carbocycles. The second-order valence-electron chi connectivity index (χ2n) is 9.12. The molecule has 0 aliphatic carbocycles. The minimum Gasteiger partial charge on any atom is -0.495 e. The topological polar surface area (TPSA) is 109 Å². The number of thioether (sulfide) groups is 1. The molecule has 1 atom stereocenters. The maximum Gasteiger partial charge on any atom is 0.255 e. The average Bonchev–Trinajstić information content (AvgIpc) is 3.41. The van der Waals surface area contributed by atoms with E-state index in [2.05, 4.69) is 22.8 Å². The Morgan fingerprint density at radius 3 is 2.24 bits per heavy atom.